The van der Waals surface area contributed by atoms with Crippen LogP contribution in [0.3, 0.4) is 0 Å². The minimum atomic E-state index is 0.777. The SMILES string of the molecule is c1ccc(-n2c3ccccc3c3c(-c4c5ccccc5c(-c5cc6ccc7c8ccccc8oc7c6o5)c5ccccc45)cccc32)cc1. The third-order valence-corrected chi connectivity index (χ3v) is 10.2. The summed E-state index contributed by atoms with van der Waals surface area (Å²) in [6.45, 7) is 0. The molecule has 0 radical (unpaired) electrons. The zero-order valence-corrected chi connectivity index (χ0v) is 26.4. The summed E-state index contributed by atoms with van der Waals surface area (Å²) in [6, 6.07) is 58.4. The average molecular weight is 626 g/mol. The van der Waals surface area contributed by atoms with Crippen molar-refractivity contribution >= 4 is 76.3 Å². The minimum Gasteiger partial charge on any atom is -0.452 e. The molecule has 3 aromatic heterocycles. The first kappa shape index (κ1) is 26.5. The van der Waals surface area contributed by atoms with Gasteiger partial charge >= 0.3 is 0 Å². The molecule has 0 amide bonds. The maximum Gasteiger partial charge on any atom is 0.178 e. The van der Waals surface area contributed by atoms with E-state index in [0.717, 1.165) is 60.7 Å². The molecule has 8 aromatic carbocycles. The average Bonchev–Trinajstić information content (AvgIpc) is 3.86. The Morgan fingerprint density at radius 3 is 1.76 bits per heavy atom. The van der Waals surface area contributed by atoms with Crippen molar-refractivity contribution in [1.29, 1.82) is 0 Å². The molecule has 3 heterocycles. The lowest BCUT2D eigenvalue weighted by atomic mass is 9.86. The Kier molecular flexibility index (Phi) is 5.38. The molecule has 0 bridgehead atoms. The van der Waals surface area contributed by atoms with Crippen LogP contribution in [-0.4, -0.2) is 4.57 Å². The smallest absolute Gasteiger partial charge is 0.178 e. The standard InChI is InChI=1S/C46H27NO2/c1-2-13-29(14-3-1)47-38-22-10-8-20-36(38)43-37(21-12-23-39(43)47)42-31-16-4-6-18-33(31)44(34-19-7-5-17-32(34)42)41-27-28-25-26-35-30-15-9-11-24-40(30)48-46(35)45(28)49-41/h1-27H. The van der Waals surface area contributed by atoms with E-state index >= 15 is 0 Å². The molecule has 49 heavy (non-hydrogen) atoms. The summed E-state index contributed by atoms with van der Waals surface area (Å²) >= 11 is 0. The van der Waals surface area contributed by atoms with Gasteiger partial charge in [-0.1, -0.05) is 121 Å². The number of fused-ring (bicyclic) bond motifs is 10. The van der Waals surface area contributed by atoms with Crippen molar-refractivity contribution in [2.75, 3.05) is 0 Å². The minimum absolute atomic E-state index is 0.777. The lowest BCUT2D eigenvalue weighted by Gasteiger charge is -2.17. The predicted octanol–water partition coefficient (Wildman–Crippen LogP) is 13.1. The van der Waals surface area contributed by atoms with Gasteiger partial charge in [-0.05, 0) is 75.1 Å². The van der Waals surface area contributed by atoms with Gasteiger partial charge in [-0.25, -0.2) is 0 Å². The molecule has 0 spiro atoms. The number of hydrogen-bond acceptors (Lipinski definition) is 2. The van der Waals surface area contributed by atoms with E-state index in [1.54, 1.807) is 0 Å². The lowest BCUT2D eigenvalue weighted by Crippen LogP contribution is -1.93. The second kappa shape index (κ2) is 9.96. The van der Waals surface area contributed by atoms with Crippen molar-refractivity contribution in [2.45, 2.75) is 0 Å². The highest BCUT2D eigenvalue weighted by Gasteiger charge is 2.23. The van der Waals surface area contributed by atoms with E-state index < -0.39 is 0 Å². The van der Waals surface area contributed by atoms with Crippen molar-refractivity contribution < 1.29 is 8.83 Å². The second-order valence-corrected chi connectivity index (χ2v) is 12.8. The topological polar surface area (TPSA) is 31.2 Å². The molecule has 11 aromatic rings. The molecular formula is C46H27NO2. The van der Waals surface area contributed by atoms with E-state index in [9.17, 15) is 0 Å². The van der Waals surface area contributed by atoms with E-state index in [0.29, 0.717) is 0 Å². The van der Waals surface area contributed by atoms with Crippen LogP contribution in [0.2, 0.25) is 0 Å². The van der Waals surface area contributed by atoms with Crippen LogP contribution in [0.25, 0.3) is 104 Å². The molecule has 0 atom stereocenters. The van der Waals surface area contributed by atoms with Gasteiger partial charge < -0.3 is 13.4 Å². The van der Waals surface area contributed by atoms with Gasteiger partial charge in [0.1, 0.15) is 11.3 Å². The lowest BCUT2D eigenvalue weighted by molar-refractivity contribution is 0.612. The van der Waals surface area contributed by atoms with Gasteiger partial charge in [0.25, 0.3) is 0 Å². The second-order valence-electron chi connectivity index (χ2n) is 12.8. The van der Waals surface area contributed by atoms with Gasteiger partial charge in [-0.2, -0.15) is 0 Å². The largest absolute Gasteiger partial charge is 0.452 e. The molecule has 0 aliphatic carbocycles. The molecule has 11 rings (SSSR count). The van der Waals surface area contributed by atoms with E-state index in [1.165, 1.54) is 43.7 Å². The van der Waals surface area contributed by atoms with Gasteiger partial charge in [0.05, 0.1) is 11.0 Å². The summed E-state index contributed by atoms with van der Waals surface area (Å²) in [6.07, 6.45) is 0. The summed E-state index contributed by atoms with van der Waals surface area (Å²) in [5, 5.41) is 10.4. The summed E-state index contributed by atoms with van der Waals surface area (Å²) in [7, 11) is 0. The number of para-hydroxylation sites is 3. The van der Waals surface area contributed by atoms with Crippen molar-refractivity contribution in [3.8, 4) is 28.1 Å². The number of aromatic nitrogens is 1. The van der Waals surface area contributed by atoms with Gasteiger partial charge in [-0.15, -0.1) is 0 Å². The zero-order chi connectivity index (χ0) is 32.1. The number of rotatable bonds is 3. The number of furan rings is 2. The Labute approximate surface area is 280 Å². The van der Waals surface area contributed by atoms with Gasteiger partial charge in [0.15, 0.2) is 11.2 Å². The van der Waals surface area contributed by atoms with Crippen LogP contribution in [0.4, 0.5) is 0 Å². The zero-order valence-electron chi connectivity index (χ0n) is 26.4. The molecular weight excluding hydrogens is 599 g/mol. The number of nitrogens with zero attached hydrogens (tertiary/aromatic N) is 1. The van der Waals surface area contributed by atoms with Gasteiger partial charge in [0, 0.05) is 38.2 Å². The fourth-order valence-corrected chi connectivity index (χ4v) is 8.17. The Morgan fingerprint density at radius 2 is 1.00 bits per heavy atom. The highest BCUT2D eigenvalue weighted by molar-refractivity contribution is 6.26. The van der Waals surface area contributed by atoms with E-state index in [2.05, 4.69) is 156 Å². The van der Waals surface area contributed by atoms with E-state index in [-0.39, 0.29) is 0 Å². The fourth-order valence-electron chi connectivity index (χ4n) is 8.17. The normalized spacial score (nSPS) is 12.1. The molecule has 3 nitrogen and oxygen atoms in total. The molecule has 228 valence electrons. The van der Waals surface area contributed by atoms with Crippen LogP contribution in [0.1, 0.15) is 0 Å². The maximum atomic E-state index is 6.84. The Balaban J connectivity index is 1.24. The van der Waals surface area contributed by atoms with Crippen molar-refractivity contribution in [3.05, 3.63) is 164 Å². The number of hydrogen-bond donors (Lipinski definition) is 0. The van der Waals surface area contributed by atoms with Crippen LogP contribution in [-0.2, 0) is 0 Å². The van der Waals surface area contributed by atoms with Crippen molar-refractivity contribution in [1.82, 2.24) is 4.57 Å². The fraction of sp³-hybridized carbons (Fsp3) is 0. The molecule has 0 saturated carbocycles. The molecule has 0 fully saturated rings. The monoisotopic (exact) mass is 625 g/mol. The van der Waals surface area contributed by atoms with Gasteiger partial charge in [-0.3, -0.25) is 0 Å². The first-order valence-corrected chi connectivity index (χ1v) is 16.7. The predicted molar refractivity (Wildman–Crippen MR) is 204 cm³/mol. The highest BCUT2D eigenvalue weighted by Crippen LogP contribution is 2.48. The first-order valence-electron chi connectivity index (χ1n) is 16.7. The van der Waals surface area contributed by atoms with Crippen LogP contribution >= 0.6 is 0 Å². The maximum absolute atomic E-state index is 6.84. The summed E-state index contributed by atoms with van der Waals surface area (Å²) < 4.78 is 15.6. The molecule has 0 aliphatic heterocycles. The molecule has 0 unspecified atom stereocenters. The molecule has 0 saturated heterocycles. The van der Waals surface area contributed by atoms with Crippen molar-refractivity contribution in [3.63, 3.8) is 0 Å². The Morgan fingerprint density at radius 1 is 0.388 bits per heavy atom. The summed E-state index contributed by atoms with van der Waals surface area (Å²) in [5.41, 5.74) is 9.51. The summed E-state index contributed by atoms with van der Waals surface area (Å²) in [5.74, 6) is 0.834. The molecule has 3 heteroatoms. The highest BCUT2D eigenvalue weighted by atomic mass is 16.4. The molecule has 0 aliphatic rings. The third kappa shape index (κ3) is 3.67. The first-order chi connectivity index (χ1) is 24.3. The van der Waals surface area contributed by atoms with Gasteiger partial charge in [0.2, 0.25) is 0 Å². The third-order valence-electron chi connectivity index (χ3n) is 10.2. The van der Waals surface area contributed by atoms with E-state index in [4.69, 9.17) is 8.83 Å². The van der Waals surface area contributed by atoms with Crippen molar-refractivity contribution in [2.24, 2.45) is 0 Å². The quantitative estimate of drug-likeness (QED) is 0.183. The van der Waals surface area contributed by atoms with Crippen LogP contribution in [0.5, 0.6) is 0 Å². The van der Waals surface area contributed by atoms with Crippen LogP contribution in [0.15, 0.2) is 173 Å². The van der Waals surface area contributed by atoms with Crippen LogP contribution in [0, 0.1) is 0 Å². The Bertz CT molecular complexity index is 3050. The Hall–Kier alpha value is -6.58. The molecule has 0 N–H and O–H groups in total. The van der Waals surface area contributed by atoms with E-state index in [1.807, 2.05) is 12.1 Å². The summed E-state index contributed by atoms with van der Waals surface area (Å²) in [4.78, 5) is 0. The number of benzene rings is 8. The van der Waals surface area contributed by atoms with Crippen LogP contribution < -0.4 is 0 Å².